The van der Waals surface area contributed by atoms with E-state index in [0.29, 0.717) is 36.8 Å². The third-order valence-corrected chi connectivity index (χ3v) is 4.76. The van der Waals surface area contributed by atoms with E-state index in [-0.39, 0.29) is 24.8 Å². The fraction of sp³-hybridized carbons (Fsp3) is 0.353. The molecule has 1 unspecified atom stereocenters. The first-order valence-electron chi connectivity index (χ1n) is 8.67. The summed E-state index contributed by atoms with van der Waals surface area (Å²) < 4.78 is 0. The number of carbonyl (C=O) groups is 3. The van der Waals surface area contributed by atoms with Gasteiger partial charge in [-0.2, -0.15) is 4.98 Å². The topological polar surface area (TPSA) is 146 Å². The van der Waals surface area contributed by atoms with E-state index in [0.717, 1.165) is 11.1 Å². The summed E-state index contributed by atoms with van der Waals surface area (Å²) in [6.45, 7) is 1.12. The SMILES string of the molecule is NCc1nc(NCc2ccc3c(c2)CN(C2CCC(=O)NC2=O)C3=O)n[nH]1. The summed E-state index contributed by atoms with van der Waals surface area (Å²) >= 11 is 0. The number of fused-ring (bicyclic) bond motifs is 1. The minimum Gasteiger partial charge on any atom is -0.349 e. The summed E-state index contributed by atoms with van der Waals surface area (Å²) in [6.07, 6.45) is 0.597. The molecule has 0 aliphatic carbocycles. The van der Waals surface area contributed by atoms with E-state index in [4.69, 9.17) is 5.73 Å². The van der Waals surface area contributed by atoms with E-state index in [1.165, 1.54) is 4.90 Å². The first-order chi connectivity index (χ1) is 13.0. The maximum Gasteiger partial charge on any atom is 0.255 e. The molecule has 140 valence electrons. The van der Waals surface area contributed by atoms with E-state index in [1.54, 1.807) is 6.07 Å². The molecule has 4 rings (SSSR count). The lowest BCUT2D eigenvalue weighted by molar-refractivity contribution is -0.136. The van der Waals surface area contributed by atoms with Crippen LogP contribution in [0.1, 0.15) is 40.2 Å². The van der Waals surface area contributed by atoms with Crippen LogP contribution < -0.4 is 16.4 Å². The second-order valence-corrected chi connectivity index (χ2v) is 6.55. The number of amides is 3. The summed E-state index contributed by atoms with van der Waals surface area (Å²) in [5, 5.41) is 12.1. The first kappa shape index (κ1) is 17.2. The van der Waals surface area contributed by atoms with Gasteiger partial charge in [0.05, 0.1) is 6.54 Å². The zero-order valence-electron chi connectivity index (χ0n) is 14.5. The Morgan fingerprint density at radius 3 is 2.89 bits per heavy atom. The van der Waals surface area contributed by atoms with Gasteiger partial charge in [-0.3, -0.25) is 24.8 Å². The molecule has 3 heterocycles. The Kier molecular flexibility index (Phi) is 4.32. The average Bonchev–Trinajstić information content (AvgIpc) is 3.24. The highest BCUT2D eigenvalue weighted by Gasteiger charge is 2.38. The van der Waals surface area contributed by atoms with Gasteiger partial charge in [0.25, 0.3) is 5.91 Å². The van der Waals surface area contributed by atoms with E-state index in [9.17, 15) is 14.4 Å². The highest BCUT2D eigenvalue weighted by Crippen LogP contribution is 2.28. The van der Waals surface area contributed by atoms with E-state index in [1.807, 2.05) is 12.1 Å². The number of hydrogen-bond donors (Lipinski definition) is 4. The molecule has 0 bridgehead atoms. The van der Waals surface area contributed by atoms with Crippen LogP contribution in [0.25, 0.3) is 0 Å². The minimum absolute atomic E-state index is 0.180. The van der Waals surface area contributed by atoms with Crippen molar-refractivity contribution in [1.29, 1.82) is 0 Å². The number of rotatable bonds is 5. The summed E-state index contributed by atoms with van der Waals surface area (Å²) in [5.41, 5.74) is 7.91. The van der Waals surface area contributed by atoms with Crippen molar-refractivity contribution in [2.75, 3.05) is 5.32 Å². The molecule has 10 heteroatoms. The highest BCUT2D eigenvalue weighted by molar-refractivity contribution is 6.05. The van der Waals surface area contributed by atoms with Gasteiger partial charge in [0, 0.05) is 25.1 Å². The van der Waals surface area contributed by atoms with E-state index in [2.05, 4.69) is 25.8 Å². The molecule has 10 nitrogen and oxygen atoms in total. The number of anilines is 1. The van der Waals surface area contributed by atoms with Crippen LogP contribution in [0.4, 0.5) is 5.95 Å². The molecule has 2 aromatic rings. The quantitative estimate of drug-likeness (QED) is 0.526. The maximum atomic E-state index is 12.7. The summed E-state index contributed by atoms with van der Waals surface area (Å²) in [4.78, 5) is 41.8. The first-order valence-corrected chi connectivity index (χ1v) is 8.67. The number of carbonyl (C=O) groups excluding carboxylic acids is 3. The van der Waals surface area contributed by atoms with Crippen LogP contribution >= 0.6 is 0 Å². The Balaban J connectivity index is 1.45. The molecule has 1 aromatic heterocycles. The largest absolute Gasteiger partial charge is 0.349 e. The number of piperidine rings is 1. The van der Waals surface area contributed by atoms with Crippen molar-refractivity contribution < 1.29 is 14.4 Å². The fourth-order valence-electron chi connectivity index (χ4n) is 3.38. The molecule has 1 fully saturated rings. The molecule has 27 heavy (non-hydrogen) atoms. The Morgan fingerprint density at radius 2 is 2.15 bits per heavy atom. The van der Waals surface area contributed by atoms with Gasteiger partial charge in [-0.15, -0.1) is 5.10 Å². The Morgan fingerprint density at radius 1 is 1.30 bits per heavy atom. The normalized spacial score (nSPS) is 19.2. The number of nitrogens with zero attached hydrogens (tertiary/aromatic N) is 3. The van der Waals surface area contributed by atoms with Gasteiger partial charge in [0.2, 0.25) is 17.8 Å². The van der Waals surface area contributed by atoms with Crippen LogP contribution in [0, 0.1) is 0 Å². The van der Waals surface area contributed by atoms with Crippen molar-refractivity contribution in [3.63, 3.8) is 0 Å². The zero-order chi connectivity index (χ0) is 19.0. The minimum atomic E-state index is -0.605. The van der Waals surface area contributed by atoms with Crippen LogP contribution in [0.2, 0.25) is 0 Å². The lowest BCUT2D eigenvalue weighted by Crippen LogP contribution is -2.52. The second-order valence-electron chi connectivity index (χ2n) is 6.55. The second kappa shape index (κ2) is 6.80. The number of aromatic amines is 1. The van der Waals surface area contributed by atoms with Gasteiger partial charge in [-0.25, -0.2) is 0 Å². The molecule has 1 saturated heterocycles. The van der Waals surface area contributed by atoms with Gasteiger partial charge >= 0.3 is 0 Å². The number of aromatic nitrogens is 3. The zero-order valence-corrected chi connectivity index (χ0v) is 14.5. The van der Waals surface area contributed by atoms with E-state index < -0.39 is 11.9 Å². The predicted molar refractivity (Wildman–Crippen MR) is 94.1 cm³/mol. The average molecular weight is 369 g/mol. The maximum absolute atomic E-state index is 12.7. The summed E-state index contributed by atoms with van der Waals surface area (Å²) in [7, 11) is 0. The predicted octanol–water partition coefficient (Wildman–Crippen LogP) is -0.363. The molecular formula is C17H19N7O3. The third-order valence-electron chi connectivity index (χ3n) is 4.76. The summed E-state index contributed by atoms with van der Waals surface area (Å²) in [6, 6.07) is 4.95. The molecule has 0 radical (unpaired) electrons. The highest BCUT2D eigenvalue weighted by atomic mass is 16.2. The van der Waals surface area contributed by atoms with Crippen LogP contribution in [-0.4, -0.2) is 43.8 Å². The smallest absolute Gasteiger partial charge is 0.255 e. The number of nitrogens with two attached hydrogens (primary N) is 1. The molecule has 0 saturated carbocycles. The number of H-pyrrole nitrogens is 1. The monoisotopic (exact) mass is 369 g/mol. The Labute approximate surface area is 154 Å². The van der Waals surface area contributed by atoms with Crippen LogP contribution in [-0.2, 0) is 29.2 Å². The van der Waals surface area contributed by atoms with Crippen molar-refractivity contribution in [3.8, 4) is 0 Å². The molecule has 1 atom stereocenters. The Bertz CT molecular complexity index is 923. The molecule has 2 aliphatic rings. The van der Waals surface area contributed by atoms with Crippen molar-refractivity contribution in [1.82, 2.24) is 25.4 Å². The molecule has 1 aromatic carbocycles. The van der Waals surface area contributed by atoms with Crippen molar-refractivity contribution in [2.45, 2.75) is 38.5 Å². The van der Waals surface area contributed by atoms with Gasteiger partial charge in [0.15, 0.2) is 0 Å². The summed E-state index contributed by atoms with van der Waals surface area (Å²) in [5.74, 6) is 0.169. The molecule has 2 aliphatic heterocycles. The van der Waals surface area contributed by atoms with Gasteiger partial charge < -0.3 is 16.0 Å². The fourth-order valence-corrected chi connectivity index (χ4v) is 3.38. The standard InChI is InChI=1S/C17H19N7O3/c18-6-13-20-17(23-22-13)19-7-9-1-2-11-10(5-9)8-24(16(11)27)12-3-4-14(25)21-15(12)26/h1-2,5,12H,3-4,6-8,18H2,(H,21,25,26)(H2,19,20,22,23). The number of hydrogen-bond acceptors (Lipinski definition) is 7. The number of imide groups is 1. The molecular weight excluding hydrogens is 350 g/mol. The molecule has 3 amide bonds. The number of benzene rings is 1. The van der Waals surface area contributed by atoms with Crippen molar-refractivity contribution in [3.05, 3.63) is 40.7 Å². The van der Waals surface area contributed by atoms with Crippen molar-refractivity contribution >= 4 is 23.7 Å². The van der Waals surface area contributed by atoms with E-state index >= 15 is 0 Å². The van der Waals surface area contributed by atoms with Crippen LogP contribution in [0.15, 0.2) is 18.2 Å². The Hall–Kier alpha value is -3.27. The van der Waals surface area contributed by atoms with Gasteiger partial charge in [-0.1, -0.05) is 12.1 Å². The van der Waals surface area contributed by atoms with Gasteiger partial charge in [0.1, 0.15) is 11.9 Å². The molecule has 5 N–H and O–H groups in total. The van der Waals surface area contributed by atoms with Gasteiger partial charge in [-0.05, 0) is 23.6 Å². The lowest BCUT2D eigenvalue weighted by atomic mass is 10.0. The van der Waals surface area contributed by atoms with Crippen LogP contribution in [0.5, 0.6) is 0 Å². The molecule has 0 spiro atoms. The third kappa shape index (κ3) is 3.26. The lowest BCUT2D eigenvalue weighted by Gasteiger charge is -2.29. The number of nitrogens with one attached hydrogen (secondary N) is 3. The van der Waals surface area contributed by atoms with Crippen LogP contribution in [0.3, 0.4) is 0 Å². The van der Waals surface area contributed by atoms with Crippen molar-refractivity contribution in [2.24, 2.45) is 5.73 Å².